The number of hydrogen-bond donors (Lipinski definition) is 1. The lowest BCUT2D eigenvalue weighted by Crippen LogP contribution is -2.21. The number of hydrogen-bond acceptors (Lipinski definition) is 7. The second kappa shape index (κ2) is 9.56. The monoisotopic (exact) mass is 417 g/mol. The van der Waals surface area contributed by atoms with Gasteiger partial charge >= 0.3 is 5.97 Å². The van der Waals surface area contributed by atoms with Gasteiger partial charge in [0.15, 0.2) is 18.1 Å². The molecular weight excluding hydrogens is 394 g/mol. The average Bonchev–Trinajstić information content (AvgIpc) is 3.10. The van der Waals surface area contributed by atoms with E-state index >= 15 is 0 Å². The van der Waals surface area contributed by atoms with Crippen molar-refractivity contribution >= 4 is 34.5 Å². The molecule has 0 fully saturated rings. The summed E-state index contributed by atoms with van der Waals surface area (Å²) in [6.45, 7) is 1.77. The molecule has 1 aliphatic carbocycles. The van der Waals surface area contributed by atoms with E-state index in [9.17, 15) is 14.4 Å². The molecule has 8 heteroatoms. The van der Waals surface area contributed by atoms with Gasteiger partial charge in [-0.25, -0.2) is 4.79 Å². The van der Waals surface area contributed by atoms with Crippen LogP contribution in [0.25, 0.3) is 0 Å². The number of nitrogens with one attached hydrogen (secondary N) is 1. The van der Waals surface area contributed by atoms with E-state index in [4.69, 9.17) is 14.2 Å². The summed E-state index contributed by atoms with van der Waals surface area (Å²) in [5.74, 6) is -0.0876. The molecule has 0 atom stereocenters. The fourth-order valence-electron chi connectivity index (χ4n) is 3.26. The number of aryl methyl sites for hydroxylation is 1. The normalized spacial score (nSPS) is 12.6. The highest BCUT2D eigenvalue weighted by Crippen LogP contribution is 2.38. The number of thiophene rings is 1. The zero-order valence-electron chi connectivity index (χ0n) is 16.4. The Morgan fingerprint density at radius 1 is 1.21 bits per heavy atom. The summed E-state index contributed by atoms with van der Waals surface area (Å²) < 4.78 is 15.9. The number of fused-ring (bicyclic) bond motifs is 1. The van der Waals surface area contributed by atoms with Crippen molar-refractivity contribution in [3.05, 3.63) is 39.8 Å². The molecule has 1 amide bonds. The van der Waals surface area contributed by atoms with E-state index in [1.807, 2.05) is 0 Å². The number of anilines is 1. The van der Waals surface area contributed by atoms with Gasteiger partial charge in [0, 0.05) is 10.4 Å². The van der Waals surface area contributed by atoms with Crippen molar-refractivity contribution in [1.29, 1.82) is 0 Å². The Bertz CT molecular complexity index is 920. The van der Waals surface area contributed by atoms with E-state index in [1.165, 1.54) is 24.5 Å². The van der Waals surface area contributed by atoms with Crippen LogP contribution >= 0.6 is 11.3 Å². The van der Waals surface area contributed by atoms with Crippen LogP contribution in [-0.2, 0) is 22.4 Å². The third kappa shape index (κ3) is 4.76. The van der Waals surface area contributed by atoms with Crippen LogP contribution in [0.5, 0.6) is 11.5 Å². The minimum atomic E-state index is -0.408. The van der Waals surface area contributed by atoms with Crippen LogP contribution in [0, 0.1) is 0 Å². The predicted octanol–water partition coefficient (Wildman–Crippen LogP) is 3.64. The Hall–Kier alpha value is -2.87. The van der Waals surface area contributed by atoms with Crippen molar-refractivity contribution < 1.29 is 28.6 Å². The maximum atomic E-state index is 12.5. The topological polar surface area (TPSA) is 90.9 Å². The maximum absolute atomic E-state index is 12.5. The predicted molar refractivity (Wildman–Crippen MR) is 109 cm³/mol. The molecule has 0 bridgehead atoms. The maximum Gasteiger partial charge on any atom is 0.341 e. The quantitative estimate of drug-likeness (QED) is 0.521. The molecule has 154 valence electrons. The number of ether oxygens (including phenoxy) is 3. The van der Waals surface area contributed by atoms with E-state index in [1.54, 1.807) is 19.1 Å². The summed E-state index contributed by atoms with van der Waals surface area (Å²) >= 11 is 1.43. The standard InChI is InChI=1S/C21H23NO6S/c1-3-27-21(25)19-14-6-4-5-7-17(14)29-20(19)22-18(24)12-28-15-9-8-13(11-23)10-16(15)26-2/h8-11H,3-7,12H2,1-2H3,(H,22,24). The highest BCUT2D eigenvalue weighted by molar-refractivity contribution is 7.17. The largest absolute Gasteiger partial charge is 0.493 e. The highest BCUT2D eigenvalue weighted by atomic mass is 32.1. The van der Waals surface area contributed by atoms with Crippen molar-refractivity contribution in [3.63, 3.8) is 0 Å². The molecule has 7 nitrogen and oxygen atoms in total. The van der Waals surface area contributed by atoms with Crippen LogP contribution in [0.4, 0.5) is 5.00 Å². The van der Waals surface area contributed by atoms with Gasteiger partial charge in [-0.2, -0.15) is 0 Å². The number of amides is 1. The molecule has 1 aromatic heterocycles. The van der Waals surface area contributed by atoms with Gasteiger partial charge in [0.05, 0.1) is 19.3 Å². The van der Waals surface area contributed by atoms with Gasteiger partial charge in [0.2, 0.25) is 0 Å². The fourth-order valence-corrected chi connectivity index (χ4v) is 4.55. The first-order valence-electron chi connectivity index (χ1n) is 9.44. The Morgan fingerprint density at radius 3 is 2.72 bits per heavy atom. The van der Waals surface area contributed by atoms with Crippen molar-refractivity contribution in [2.75, 3.05) is 25.6 Å². The highest BCUT2D eigenvalue weighted by Gasteiger charge is 2.27. The molecule has 3 rings (SSSR count). The lowest BCUT2D eigenvalue weighted by Gasteiger charge is -2.13. The fraction of sp³-hybridized carbons (Fsp3) is 0.381. The van der Waals surface area contributed by atoms with Crippen molar-refractivity contribution in [1.82, 2.24) is 0 Å². The Kier molecular flexibility index (Phi) is 6.87. The minimum Gasteiger partial charge on any atom is -0.493 e. The van der Waals surface area contributed by atoms with Crippen LogP contribution in [0.15, 0.2) is 18.2 Å². The Morgan fingerprint density at radius 2 is 2.00 bits per heavy atom. The summed E-state index contributed by atoms with van der Waals surface area (Å²) in [7, 11) is 1.46. The van der Waals surface area contributed by atoms with Gasteiger partial charge in [0.25, 0.3) is 5.91 Å². The first-order chi connectivity index (χ1) is 14.1. The van der Waals surface area contributed by atoms with Crippen LogP contribution in [-0.4, -0.2) is 38.5 Å². The number of carbonyl (C=O) groups is 3. The van der Waals surface area contributed by atoms with Crippen LogP contribution in [0.3, 0.4) is 0 Å². The first-order valence-corrected chi connectivity index (χ1v) is 10.3. The number of rotatable bonds is 8. The molecule has 1 aliphatic rings. The second-order valence-corrected chi connectivity index (χ2v) is 7.61. The van der Waals surface area contributed by atoms with Crippen LogP contribution in [0.2, 0.25) is 0 Å². The summed E-state index contributed by atoms with van der Waals surface area (Å²) in [5, 5.41) is 3.30. The molecule has 0 aliphatic heterocycles. The number of aldehydes is 1. The van der Waals surface area contributed by atoms with Crippen molar-refractivity contribution in [2.45, 2.75) is 32.6 Å². The van der Waals surface area contributed by atoms with Gasteiger partial charge in [-0.05, 0) is 56.4 Å². The lowest BCUT2D eigenvalue weighted by atomic mass is 9.95. The lowest BCUT2D eigenvalue weighted by molar-refractivity contribution is -0.118. The molecule has 0 spiro atoms. The molecule has 0 saturated carbocycles. The van der Waals surface area contributed by atoms with Crippen LogP contribution < -0.4 is 14.8 Å². The summed E-state index contributed by atoms with van der Waals surface area (Å²) in [6.07, 6.45) is 4.51. The molecule has 0 radical (unpaired) electrons. The molecule has 1 aromatic carbocycles. The average molecular weight is 417 g/mol. The molecule has 0 saturated heterocycles. The van der Waals surface area contributed by atoms with Gasteiger partial charge in [-0.3, -0.25) is 9.59 Å². The molecule has 1 heterocycles. The van der Waals surface area contributed by atoms with Gasteiger partial charge in [-0.15, -0.1) is 11.3 Å². The van der Waals surface area contributed by atoms with Gasteiger partial charge < -0.3 is 19.5 Å². The van der Waals surface area contributed by atoms with E-state index in [2.05, 4.69) is 5.32 Å². The molecular formula is C21H23NO6S. The van der Waals surface area contributed by atoms with E-state index in [0.29, 0.717) is 33.9 Å². The first kappa shape index (κ1) is 20.9. The summed E-state index contributed by atoms with van der Waals surface area (Å²) in [4.78, 5) is 36.9. The third-order valence-electron chi connectivity index (χ3n) is 4.59. The van der Waals surface area contributed by atoms with Crippen molar-refractivity contribution in [3.8, 4) is 11.5 Å². The zero-order valence-corrected chi connectivity index (χ0v) is 17.2. The number of carbonyl (C=O) groups excluding carboxylic acids is 3. The molecule has 2 aromatic rings. The van der Waals surface area contributed by atoms with E-state index in [-0.39, 0.29) is 13.2 Å². The zero-order chi connectivity index (χ0) is 20.8. The number of esters is 1. The number of benzene rings is 1. The minimum absolute atomic E-state index is 0.262. The SMILES string of the molecule is CCOC(=O)c1c(NC(=O)COc2ccc(C=O)cc2OC)sc2c1CCCC2. The summed E-state index contributed by atoms with van der Waals surface area (Å²) in [5.41, 5.74) is 1.90. The van der Waals surface area contributed by atoms with E-state index < -0.39 is 11.9 Å². The third-order valence-corrected chi connectivity index (χ3v) is 5.79. The molecule has 1 N–H and O–H groups in total. The van der Waals surface area contributed by atoms with Crippen LogP contribution in [0.1, 0.15) is 50.9 Å². The Balaban J connectivity index is 1.73. The van der Waals surface area contributed by atoms with E-state index in [0.717, 1.165) is 36.1 Å². The smallest absolute Gasteiger partial charge is 0.341 e. The van der Waals surface area contributed by atoms with Gasteiger partial charge in [-0.1, -0.05) is 0 Å². The molecule has 29 heavy (non-hydrogen) atoms. The van der Waals surface area contributed by atoms with Crippen molar-refractivity contribution in [2.24, 2.45) is 0 Å². The number of methoxy groups -OCH3 is 1. The Labute approximate surface area is 173 Å². The van der Waals surface area contributed by atoms with Gasteiger partial charge in [0.1, 0.15) is 11.3 Å². The second-order valence-electron chi connectivity index (χ2n) is 6.50. The summed E-state index contributed by atoms with van der Waals surface area (Å²) in [6, 6.07) is 4.69. The molecule has 0 unspecified atom stereocenters.